The predicted molar refractivity (Wildman–Crippen MR) is 38.6 cm³/mol. The van der Waals surface area contributed by atoms with E-state index in [0.29, 0.717) is 5.57 Å². The van der Waals surface area contributed by atoms with E-state index in [-0.39, 0.29) is 6.42 Å². The van der Waals surface area contributed by atoms with Crippen LogP contribution < -0.4 is 0 Å². The molecule has 0 spiro atoms. The number of rotatable bonds is 3. The minimum atomic E-state index is -1.41. The van der Waals surface area contributed by atoms with Gasteiger partial charge in [-0.1, -0.05) is 6.08 Å². The average Bonchev–Trinajstić information content (AvgIpc) is 1.98. The average molecular weight is 160 g/mol. The summed E-state index contributed by atoms with van der Waals surface area (Å²) in [6.07, 6.45) is 0.0480. The van der Waals surface area contributed by atoms with Gasteiger partial charge in [0.2, 0.25) is 0 Å². The minimum absolute atomic E-state index is 0.0426. The van der Waals surface area contributed by atoms with Gasteiger partial charge >= 0.3 is 5.97 Å². The van der Waals surface area contributed by atoms with Crippen molar-refractivity contribution in [3.8, 4) is 0 Å². The summed E-state index contributed by atoms with van der Waals surface area (Å²) >= 11 is 0. The van der Waals surface area contributed by atoms with Crippen LogP contribution in [0.25, 0.3) is 0 Å². The van der Waals surface area contributed by atoms with Crippen LogP contribution in [0, 0.1) is 0 Å². The Morgan fingerprint density at radius 2 is 2.18 bits per heavy atom. The maximum atomic E-state index is 10.7. The summed E-state index contributed by atoms with van der Waals surface area (Å²) in [6.45, 7) is 1.55. The van der Waals surface area contributed by atoms with Crippen molar-refractivity contribution in [1.29, 1.82) is 0 Å². The Labute approximate surface area is 65.1 Å². The summed E-state index contributed by atoms with van der Waals surface area (Å²) in [7, 11) is 1.27. The van der Waals surface area contributed by atoms with Crippen molar-refractivity contribution in [2.75, 3.05) is 7.11 Å². The first kappa shape index (κ1) is 10.1. The van der Waals surface area contributed by atoms with Gasteiger partial charge in [0.1, 0.15) is 0 Å². The van der Waals surface area contributed by atoms with E-state index in [0.717, 1.165) is 0 Å². The van der Waals surface area contributed by atoms with Crippen LogP contribution in [-0.2, 0) is 9.53 Å². The molecule has 0 heterocycles. The molecule has 0 aliphatic rings. The molecule has 0 aromatic carbocycles. The molecule has 2 N–H and O–H groups in total. The van der Waals surface area contributed by atoms with Crippen LogP contribution in [0.1, 0.15) is 13.3 Å². The minimum Gasteiger partial charge on any atom is -0.466 e. The van der Waals surface area contributed by atoms with Crippen LogP contribution in [0.5, 0.6) is 0 Å². The van der Waals surface area contributed by atoms with E-state index in [9.17, 15) is 4.79 Å². The number of ether oxygens (including phenoxy) is 1. The first-order chi connectivity index (χ1) is 5.07. The largest absolute Gasteiger partial charge is 0.466 e. The Morgan fingerprint density at radius 3 is 2.55 bits per heavy atom. The lowest BCUT2D eigenvalue weighted by molar-refractivity contribution is -0.136. The molecule has 0 rings (SSSR count). The number of esters is 1. The summed E-state index contributed by atoms with van der Waals surface area (Å²) in [5.41, 5.74) is 0.376. The summed E-state index contributed by atoms with van der Waals surface area (Å²) in [5, 5.41) is 16.8. The molecule has 0 aromatic heterocycles. The first-order valence-corrected chi connectivity index (χ1v) is 3.19. The lowest BCUT2D eigenvalue weighted by atomic mass is 10.2. The van der Waals surface area contributed by atoms with Crippen molar-refractivity contribution in [3.05, 3.63) is 11.6 Å². The van der Waals surface area contributed by atoms with Crippen molar-refractivity contribution in [3.63, 3.8) is 0 Å². The number of aliphatic hydroxyl groups is 2. The van der Waals surface area contributed by atoms with Gasteiger partial charge in [0.05, 0.1) is 7.11 Å². The number of methoxy groups -OCH3 is 1. The van der Waals surface area contributed by atoms with Gasteiger partial charge in [0, 0.05) is 12.0 Å². The van der Waals surface area contributed by atoms with Gasteiger partial charge in [-0.15, -0.1) is 0 Å². The molecular weight excluding hydrogens is 148 g/mol. The Morgan fingerprint density at radius 1 is 1.64 bits per heavy atom. The molecule has 0 saturated carbocycles. The normalized spacial score (nSPS) is 11.9. The fourth-order valence-electron chi connectivity index (χ4n) is 0.527. The molecule has 4 nitrogen and oxygen atoms in total. The molecule has 0 bridgehead atoms. The summed E-state index contributed by atoms with van der Waals surface area (Å²) < 4.78 is 4.37. The van der Waals surface area contributed by atoms with Crippen molar-refractivity contribution in [2.45, 2.75) is 19.6 Å². The lowest BCUT2D eigenvalue weighted by Gasteiger charge is -1.99. The molecule has 0 aliphatic carbocycles. The molecule has 64 valence electrons. The lowest BCUT2D eigenvalue weighted by Crippen LogP contribution is -2.05. The van der Waals surface area contributed by atoms with Crippen LogP contribution in [-0.4, -0.2) is 29.6 Å². The molecule has 11 heavy (non-hydrogen) atoms. The van der Waals surface area contributed by atoms with Crippen molar-refractivity contribution in [1.82, 2.24) is 0 Å². The number of carbonyl (C=O) groups is 1. The molecule has 0 fully saturated rings. The van der Waals surface area contributed by atoms with Crippen LogP contribution in [0.4, 0.5) is 0 Å². The number of aliphatic hydroxyl groups excluding tert-OH is 1. The van der Waals surface area contributed by atoms with Gasteiger partial charge in [-0.05, 0) is 6.92 Å². The molecule has 4 heteroatoms. The topological polar surface area (TPSA) is 66.8 Å². The maximum absolute atomic E-state index is 10.7. The van der Waals surface area contributed by atoms with Crippen molar-refractivity contribution in [2.24, 2.45) is 0 Å². The van der Waals surface area contributed by atoms with E-state index in [1.165, 1.54) is 13.2 Å². The third-order valence-corrected chi connectivity index (χ3v) is 1.14. The molecule has 0 aromatic rings. The summed E-state index contributed by atoms with van der Waals surface area (Å²) in [4.78, 5) is 10.7. The Bertz CT molecular complexity index is 160. The van der Waals surface area contributed by atoms with E-state index in [4.69, 9.17) is 10.2 Å². The van der Waals surface area contributed by atoms with Crippen molar-refractivity contribution < 1.29 is 19.7 Å². The monoisotopic (exact) mass is 160 g/mol. The van der Waals surface area contributed by atoms with Gasteiger partial charge < -0.3 is 14.9 Å². The molecule has 0 amide bonds. The number of hydrogen-bond acceptors (Lipinski definition) is 4. The zero-order chi connectivity index (χ0) is 8.85. The Kier molecular flexibility index (Phi) is 4.49. The number of hydrogen-bond donors (Lipinski definition) is 2. The fraction of sp³-hybridized carbons (Fsp3) is 0.571. The molecule has 0 aliphatic heterocycles. The van der Waals surface area contributed by atoms with E-state index in [1.54, 1.807) is 6.92 Å². The fourth-order valence-corrected chi connectivity index (χ4v) is 0.527. The van der Waals surface area contributed by atoms with E-state index in [1.807, 2.05) is 0 Å². The Hall–Kier alpha value is -0.870. The first-order valence-electron chi connectivity index (χ1n) is 3.19. The van der Waals surface area contributed by atoms with Crippen molar-refractivity contribution >= 4 is 5.97 Å². The summed E-state index contributed by atoms with van der Waals surface area (Å²) in [6, 6.07) is 0. The second-order valence-electron chi connectivity index (χ2n) is 2.10. The van der Waals surface area contributed by atoms with Crippen LogP contribution in [0.15, 0.2) is 11.6 Å². The molecule has 0 unspecified atom stereocenters. The molecule has 0 radical (unpaired) electrons. The van der Waals surface area contributed by atoms with Crippen LogP contribution in [0.2, 0.25) is 0 Å². The second kappa shape index (κ2) is 4.87. The highest BCUT2D eigenvalue weighted by Gasteiger charge is 2.02. The summed E-state index contributed by atoms with van der Waals surface area (Å²) in [5.74, 6) is -0.453. The standard InChI is InChI=1S/C7H12O4/c1-5(7(10)11-2)3-4-6(8)9/h3,6,8-9H,4H2,1-2H3. The highest BCUT2D eigenvalue weighted by molar-refractivity contribution is 5.87. The smallest absolute Gasteiger partial charge is 0.333 e. The SMILES string of the molecule is COC(=O)C(C)=CCC(O)O. The molecular formula is C7H12O4. The zero-order valence-corrected chi connectivity index (χ0v) is 6.57. The van der Waals surface area contributed by atoms with Gasteiger partial charge in [-0.25, -0.2) is 4.79 Å². The van der Waals surface area contributed by atoms with E-state index in [2.05, 4.69) is 4.74 Å². The molecule has 0 atom stereocenters. The maximum Gasteiger partial charge on any atom is 0.333 e. The molecule has 0 saturated heterocycles. The van der Waals surface area contributed by atoms with Gasteiger partial charge in [-0.3, -0.25) is 0 Å². The van der Waals surface area contributed by atoms with Gasteiger partial charge in [0.25, 0.3) is 0 Å². The Balaban J connectivity index is 3.90. The zero-order valence-electron chi connectivity index (χ0n) is 6.57. The third kappa shape index (κ3) is 4.52. The third-order valence-electron chi connectivity index (χ3n) is 1.14. The van der Waals surface area contributed by atoms with Crippen LogP contribution >= 0.6 is 0 Å². The quantitative estimate of drug-likeness (QED) is 0.341. The number of carbonyl (C=O) groups excluding carboxylic acids is 1. The second-order valence-corrected chi connectivity index (χ2v) is 2.10. The highest BCUT2D eigenvalue weighted by atomic mass is 16.5. The van der Waals surface area contributed by atoms with Gasteiger partial charge in [0.15, 0.2) is 6.29 Å². The van der Waals surface area contributed by atoms with Gasteiger partial charge in [-0.2, -0.15) is 0 Å². The van der Waals surface area contributed by atoms with E-state index < -0.39 is 12.3 Å². The van der Waals surface area contributed by atoms with E-state index >= 15 is 0 Å². The highest BCUT2D eigenvalue weighted by Crippen LogP contribution is 1.99. The predicted octanol–water partition coefficient (Wildman–Crippen LogP) is -0.194. The van der Waals surface area contributed by atoms with Crippen LogP contribution in [0.3, 0.4) is 0 Å².